The fourth-order valence-electron chi connectivity index (χ4n) is 4.14. The molecule has 0 unspecified atom stereocenters. The lowest BCUT2D eigenvalue weighted by Gasteiger charge is -2.14. The molecule has 1 aromatic heterocycles. The van der Waals surface area contributed by atoms with E-state index in [9.17, 15) is 4.79 Å². The number of hydrogen-bond acceptors (Lipinski definition) is 6. The summed E-state index contributed by atoms with van der Waals surface area (Å²) < 4.78 is 17.2. The van der Waals surface area contributed by atoms with Crippen molar-refractivity contribution in [3.05, 3.63) is 95.8 Å². The topological polar surface area (TPSA) is 72.9 Å². The van der Waals surface area contributed by atoms with Gasteiger partial charge in [0.15, 0.2) is 5.11 Å². The number of para-hydroxylation sites is 1. The molecule has 1 aliphatic rings. The Hall–Kier alpha value is -4.43. The molecule has 0 saturated carbocycles. The Kier molecular flexibility index (Phi) is 7.00. The van der Waals surface area contributed by atoms with E-state index in [1.165, 1.54) is 4.90 Å². The molecule has 0 aliphatic carbocycles. The molecule has 1 aliphatic heterocycles. The average Bonchev–Trinajstić information content (AvgIpc) is 3.20. The van der Waals surface area contributed by atoms with E-state index in [1.54, 1.807) is 19.4 Å². The van der Waals surface area contributed by atoms with Gasteiger partial charge in [0.25, 0.3) is 5.91 Å². The third-order valence-electron chi connectivity index (χ3n) is 5.88. The molecule has 1 fully saturated rings. The third kappa shape index (κ3) is 5.10. The second-order valence-corrected chi connectivity index (χ2v) is 8.63. The second kappa shape index (κ2) is 10.7. The number of aromatic nitrogens is 1. The van der Waals surface area contributed by atoms with Gasteiger partial charge in [0.2, 0.25) is 0 Å². The first-order valence-electron chi connectivity index (χ1n) is 11.8. The average molecular weight is 512 g/mol. The van der Waals surface area contributed by atoms with Crippen LogP contribution in [0.2, 0.25) is 0 Å². The molecule has 8 heteroatoms. The number of anilines is 1. The molecule has 4 aromatic rings. The fraction of sp³-hybridized carbons (Fsp3) is 0.138. The first-order valence-corrected chi connectivity index (χ1v) is 12.2. The number of pyridine rings is 1. The van der Waals surface area contributed by atoms with E-state index in [4.69, 9.17) is 26.4 Å². The fourth-order valence-corrected chi connectivity index (χ4v) is 4.44. The summed E-state index contributed by atoms with van der Waals surface area (Å²) in [6.45, 7) is 2.77. The maximum atomic E-state index is 13.2. The van der Waals surface area contributed by atoms with Crippen LogP contribution in [0.15, 0.2) is 84.7 Å². The molecule has 37 heavy (non-hydrogen) atoms. The Bertz CT molecular complexity index is 1500. The number of amides is 1. The van der Waals surface area contributed by atoms with Crippen molar-refractivity contribution >= 4 is 45.9 Å². The van der Waals surface area contributed by atoms with Gasteiger partial charge in [0, 0.05) is 17.1 Å². The first-order chi connectivity index (χ1) is 18.1. The maximum Gasteiger partial charge on any atom is 0.281 e. The zero-order chi connectivity index (χ0) is 25.8. The Morgan fingerprint density at radius 1 is 1.00 bits per heavy atom. The van der Waals surface area contributed by atoms with E-state index in [-0.39, 0.29) is 12.5 Å². The summed E-state index contributed by atoms with van der Waals surface area (Å²) in [4.78, 5) is 19.1. The van der Waals surface area contributed by atoms with Crippen LogP contribution in [0.5, 0.6) is 17.2 Å². The molecule has 0 spiro atoms. The van der Waals surface area contributed by atoms with Crippen molar-refractivity contribution in [3.8, 4) is 17.2 Å². The highest BCUT2D eigenvalue weighted by atomic mass is 32.1. The van der Waals surface area contributed by atoms with Crippen molar-refractivity contribution in [1.29, 1.82) is 0 Å². The van der Waals surface area contributed by atoms with Gasteiger partial charge in [0.05, 0.1) is 19.4 Å². The predicted molar refractivity (Wildman–Crippen MR) is 148 cm³/mol. The predicted octanol–water partition coefficient (Wildman–Crippen LogP) is 5.48. The van der Waals surface area contributed by atoms with Crippen molar-refractivity contribution in [1.82, 2.24) is 10.3 Å². The Balaban J connectivity index is 1.37. The number of benzene rings is 3. The molecule has 0 radical (unpaired) electrons. The molecule has 0 atom stereocenters. The van der Waals surface area contributed by atoms with Crippen LogP contribution >= 0.6 is 12.2 Å². The van der Waals surface area contributed by atoms with Crippen molar-refractivity contribution < 1.29 is 19.0 Å². The van der Waals surface area contributed by atoms with Gasteiger partial charge in [-0.3, -0.25) is 14.7 Å². The van der Waals surface area contributed by atoms with E-state index >= 15 is 0 Å². The second-order valence-electron chi connectivity index (χ2n) is 8.25. The van der Waals surface area contributed by atoms with Crippen LogP contribution in [-0.2, 0) is 11.4 Å². The quantitative estimate of drug-likeness (QED) is 0.248. The van der Waals surface area contributed by atoms with Gasteiger partial charge in [0.1, 0.15) is 35.1 Å². The first kappa shape index (κ1) is 24.3. The molecule has 2 heterocycles. The number of carbonyl (C=O) groups excluding carboxylic acids is 1. The summed E-state index contributed by atoms with van der Waals surface area (Å²) >= 11 is 5.45. The molecule has 5 rings (SSSR count). The normalized spacial score (nSPS) is 14.2. The summed E-state index contributed by atoms with van der Waals surface area (Å²) in [7, 11) is 1.62. The number of thiocarbonyl (C=S) groups is 1. The van der Waals surface area contributed by atoms with Gasteiger partial charge >= 0.3 is 0 Å². The number of methoxy groups -OCH3 is 1. The SMILES string of the molecule is CCOc1ccc(N2C(=O)/C(=C\c3ccc(OC)c(COc4cccc5cccnc45)c3)NC2=S)cc1. The van der Waals surface area contributed by atoms with Crippen LogP contribution in [0, 0.1) is 0 Å². The Labute approximate surface area is 220 Å². The summed E-state index contributed by atoms with van der Waals surface area (Å²) in [6, 6.07) is 22.6. The van der Waals surface area contributed by atoms with Crippen LogP contribution < -0.4 is 24.4 Å². The number of hydrogen-bond donors (Lipinski definition) is 1. The van der Waals surface area contributed by atoms with Crippen molar-refractivity contribution in [2.45, 2.75) is 13.5 Å². The van der Waals surface area contributed by atoms with E-state index in [1.807, 2.05) is 79.7 Å². The van der Waals surface area contributed by atoms with Crippen LogP contribution in [0.4, 0.5) is 5.69 Å². The molecule has 0 bridgehead atoms. The van der Waals surface area contributed by atoms with Crippen LogP contribution in [0.3, 0.4) is 0 Å². The standard InChI is InChI=1S/C29H25N3O4S/c1-3-35-23-12-10-22(11-13-23)32-28(33)24(31-29(32)37)17-19-9-14-25(34-2)21(16-19)18-36-26-8-4-6-20-7-5-15-30-27(20)26/h4-17H,3,18H2,1-2H3,(H,31,37)/b24-17+. The van der Waals surface area contributed by atoms with Gasteiger partial charge < -0.3 is 19.5 Å². The molecule has 7 nitrogen and oxygen atoms in total. The highest BCUT2D eigenvalue weighted by Crippen LogP contribution is 2.28. The lowest BCUT2D eigenvalue weighted by molar-refractivity contribution is -0.113. The molecular weight excluding hydrogens is 486 g/mol. The lowest BCUT2D eigenvalue weighted by atomic mass is 10.1. The molecule has 1 saturated heterocycles. The molecule has 186 valence electrons. The lowest BCUT2D eigenvalue weighted by Crippen LogP contribution is -2.30. The van der Waals surface area contributed by atoms with E-state index in [0.29, 0.717) is 34.6 Å². The van der Waals surface area contributed by atoms with Crippen LogP contribution in [0.1, 0.15) is 18.1 Å². The van der Waals surface area contributed by atoms with E-state index < -0.39 is 0 Å². The van der Waals surface area contributed by atoms with Crippen molar-refractivity contribution in [3.63, 3.8) is 0 Å². The highest BCUT2D eigenvalue weighted by molar-refractivity contribution is 7.80. The van der Waals surface area contributed by atoms with Gasteiger partial charge in [-0.25, -0.2) is 0 Å². The molecule has 1 amide bonds. The summed E-state index contributed by atoms with van der Waals surface area (Å²) in [5.41, 5.74) is 3.49. The molecular formula is C29H25N3O4S. The molecule has 1 N–H and O–H groups in total. The van der Waals surface area contributed by atoms with Gasteiger partial charge in [-0.1, -0.05) is 24.3 Å². The van der Waals surface area contributed by atoms with Gasteiger partial charge in [-0.15, -0.1) is 0 Å². The van der Waals surface area contributed by atoms with Crippen molar-refractivity contribution in [2.75, 3.05) is 18.6 Å². The smallest absolute Gasteiger partial charge is 0.281 e. The number of carbonyl (C=O) groups is 1. The zero-order valence-electron chi connectivity index (χ0n) is 20.4. The van der Waals surface area contributed by atoms with E-state index in [2.05, 4.69) is 10.3 Å². The maximum absolute atomic E-state index is 13.2. The summed E-state index contributed by atoms with van der Waals surface area (Å²) in [5.74, 6) is 1.88. The molecule has 3 aromatic carbocycles. The zero-order valence-corrected chi connectivity index (χ0v) is 21.2. The minimum Gasteiger partial charge on any atom is -0.496 e. The monoisotopic (exact) mass is 511 g/mol. The summed E-state index contributed by atoms with van der Waals surface area (Å²) in [5, 5.41) is 4.36. The third-order valence-corrected chi connectivity index (χ3v) is 6.16. The van der Waals surface area contributed by atoms with Crippen molar-refractivity contribution in [2.24, 2.45) is 0 Å². The minimum absolute atomic E-state index is 0.232. The highest BCUT2D eigenvalue weighted by Gasteiger charge is 2.32. The Morgan fingerprint density at radius 2 is 1.81 bits per heavy atom. The number of nitrogens with one attached hydrogen (secondary N) is 1. The number of ether oxygens (including phenoxy) is 3. The van der Waals surface area contributed by atoms with Gasteiger partial charge in [-0.2, -0.15) is 0 Å². The van der Waals surface area contributed by atoms with Crippen LogP contribution in [0.25, 0.3) is 17.0 Å². The number of nitrogens with zero attached hydrogens (tertiary/aromatic N) is 2. The largest absolute Gasteiger partial charge is 0.496 e. The number of fused-ring (bicyclic) bond motifs is 1. The van der Waals surface area contributed by atoms with E-state index in [0.717, 1.165) is 27.8 Å². The van der Waals surface area contributed by atoms with Crippen LogP contribution in [-0.4, -0.2) is 29.7 Å². The van der Waals surface area contributed by atoms with Gasteiger partial charge in [-0.05, 0) is 79.3 Å². The minimum atomic E-state index is -0.232. The number of rotatable bonds is 8. The summed E-state index contributed by atoms with van der Waals surface area (Å²) in [6.07, 6.45) is 3.51. The Morgan fingerprint density at radius 3 is 2.59 bits per heavy atom.